The van der Waals surface area contributed by atoms with Crippen LogP contribution in [0.25, 0.3) is 0 Å². The lowest BCUT2D eigenvalue weighted by Crippen LogP contribution is -2.15. The molecule has 27 heavy (non-hydrogen) atoms. The van der Waals surface area contributed by atoms with Crippen LogP contribution in [-0.4, -0.2) is 32.7 Å². The first-order valence-corrected chi connectivity index (χ1v) is 11.0. The summed E-state index contributed by atoms with van der Waals surface area (Å²) in [5.74, 6) is 2.55. The third kappa shape index (κ3) is 4.56. The lowest BCUT2D eigenvalue weighted by molar-refractivity contribution is -0.113. The van der Waals surface area contributed by atoms with Gasteiger partial charge >= 0.3 is 0 Å². The molecule has 1 amide bonds. The van der Waals surface area contributed by atoms with E-state index in [1.165, 1.54) is 11.8 Å². The number of thioether (sulfide) groups is 2. The topological polar surface area (TPSA) is 73.0 Å². The van der Waals surface area contributed by atoms with Gasteiger partial charge in [-0.25, -0.2) is 0 Å². The molecule has 8 heteroatoms. The number of amides is 1. The first-order chi connectivity index (χ1) is 13.2. The van der Waals surface area contributed by atoms with Crippen LogP contribution in [0.4, 0.5) is 5.69 Å². The Balaban J connectivity index is 1.42. The van der Waals surface area contributed by atoms with Crippen molar-refractivity contribution in [1.82, 2.24) is 14.8 Å². The predicted octanol–water partition coefficient (Wildman–Crippen LogP) is 4.25. The normalized spacial score (nSPS) is 13.7. The van der Waals surface area contributed by atoms with E-state index >= 15 is 0 Å². The number of nitrogens with zero attached hydrogens (tertiary/aromatic N) is 3. The molecule has 3 aromatic rings. The SMILES string of the molecule is CSc1cccc(NC(=O)CSc2nnc(C3CC3)n2Cc2ccco2)c1. The van der Waals surface area contributed by atoms with E-state index < -0.39 is 0 Å². The molecule has 1 saturated carbocycles. The highest BCUT2D eigenvalue weighted by Gasteiger charge is 2.30. The van der Waals surface area contributed by atoms with Crippen LogP contribution in [0.3, 0.4) is 0 Å². The summed E-state index contributed by atoms with van der Waals surface area (Å²) in [6, 6.07) is 11.6. The lowest BCUT2D eigenvalue weighted by atomic mass is 10.3. The Morgan fingerprint density at radius 3 is 2.93 bits per heavy atom. The van der Waals surface area contributed by atoms with Gasteiger partial charge in [0, 0.05) is 16.5 Å². The Morgan fingerprint density at radius 1 is 1.30 bits per heavy atom. The molecule has 0 bridgehead atoms. The number of anilines is 1. The van der Waals surface area contributed by atoms with E-state index in [0.717, 1.165) is 40.2 Å². The number of rotatable bonds is 8. The number of nitrogens with one attached hydrogen (secondary N) is 1. The molecule has 1 aliphatic carbocycles. The monoisotopic (exact) mass is 400 g/mol. The third-order valence-electron chi connectivity index (χ3n) is 4.27. The fourth-order valence-electron chi connectivity index (χ4n) is 2.79. The quantitative estimate of drug-likeness (QED) is 0.570. The van der Waals surface area contributed by atoms with Gasteiger partial charge < -0.3 is 9.73 Å². The van der Waals surface area contributed by atoms with Crippen molar-refractivity contribution in [3.8, 4) is 0 Å². The second-order valence-corrected chi connectivity index (χ2v) is 8.17. The number of benzene rings is 1. The first kappa shape index (κ1) is 18.2. The zero-order valence-corrected chi connectivity index (χ0v) is 16.6. The first-order valence-electron chi connectivity index (χ1n) is 8.75. The highest BCUT2D eigenvalue weighted by molar-refractivity contribution is 7.99. The summed E-state index contributed by atoms with van der Waals surface area (Å²) >= 11 is 3.05. The van der Waals surface area contributed by atoms with E-state index in [-0.39, 0.29) is 11.7 Å². The van der Waals surface area contributed by atoms with E-state index in [2.05, 4.69) is 20.1 Å². The average Bonchev–Trinajstić information content (AvgIpc) is 3.24. The molecular weight excluding hydrogens is 380 g/mol. The summed E-state index contributed by atoms with van der Waals surface area (Å²) in [7, 11) is 0. The van der Waals surface area contributed by atoms with Crippen LogP contribution in [0, 0.1) is 0 Å². The van der Waals surface area contributed by atoms with Crippen molar-refractivity contribution in [2.75, 3.05) is 17.3 Å². The van der Waals surface area contributed by atoms with Gasteiger partial charge in [0.1, 0.15) is 11.6 Å². The minimum Gasteiger partial charge on any atom is -0.467 e. The Bertz CT molecular complexity index is 920. The second kappa shape index (κ2) is 8.22. The summed E-state index contributed by atoms with van der Waals surface area (Å²) in [6.45, 7) is 0.589. The molecule has 6 nitrogen and oxygen atoms in total. The molecule has 0 aliphatic heterocycles. The summed E-state index contributed by atoms with van der Waals surface area (Å²) in [4.78, 5) is 13.5. The zero-order chi connectivity index (χ0) is 18.6. The summed E-state index contributed by atoms with van der Waals surface area (Å²) in [5, 5.41) is 12.4. The number of hydrogen-bond donors (Lipinski definition) is 1. The third-order valence-corrected chi connectivity index (χ3v) is 5.96. The molecule has 2 heterocycles. The predicted molar refractivity (Wildman–Crippen MR) is 107 cm³/mol. The van der Waals surface area contributed by atoms with Gasteiger partial charge in [-0.15, -0.1) is 22.0 Å². The molecule has 0 spiro atoms. The Labute approximate surface area is 166 Å². The molecule has 140 valence electrons. The minimum absolute atomic E-state index is 0.0567. The molecule has 4 rings (SSSR count). The van der Waals surface area contributed by atoms with Crippen LogP contribution in [0.15, 0.2) is 57.1 Å². The van der Waals surface area contributed by atoms with Crippen LogP contribution < -0.4 is 5.32 Å². The summed E-state index contributed by atoms with van der Waals surface area (Å²) in [6.07, 6.45) is 5.97. The molecular formula is C19H20N4O2S2. The van der Waals surface area contributed by atoms with Gasteiger partial charge in [-0.3, -0.25) is 9.36 Å². The number of hydrogen-bond acceptors (Lipinski definition) is 6. The van der Waals surface area contributed by atoms with Crippen molar-refractivity contribution in [2.24, 2.45) is 0 Å². The Hall–Kier alpha value is -2.19. The highest BCUT2D eigenvalue weighted by atomic mass is 32.2. The maximum Gasteiger partial charge on any atom is 0.234 e. The standard InChI is InChI=1S/C19H20N4O2S2/c1-26-16-6-2-4-14(10-16)20-17(24)12-27-19-22-21-18(13-7-8-13)23(19)11-15-5-3-9-25-15/h2-6,9-10,13H,7-8,11-12H2,1H3,(H,20,24). The molecule has 0 radical (unpaired) electrons. The van der Waals surface area contributed by atoms with E-state index in [1.807, 2.05) is 42.7 Å². The number of carbonyl (C=O) groups excluding carboxylic acids is 1. The zero-order valence-electron chi connectivity index (χ0n) is 14.9. The van der Waals surface area contributed by atoms with Crippen molar-refractivity contribution < 1.29 is 9.21 Å². The highest BCUT2D eigenvalue weighted by Crippen LogP contribution is 2.40. The van der Waals surface area contributed by atoms with E-state index in [1.54, 1.807) is 18.0 Å². The van der Waals surface area contributed by atoms with E-state index in [9.17, 15) is 4.79 Å². The van der Waals surface area contributed by atoms with Crippen molar-refractivity contribution in [1.29, 1.82) is 0 Å². The fraction of sp³-hybridized carbons (Fsp3) is 0.316. The van der Waals surface area contributed by atoms with Crippen LogP contribution >= 0.6 is 23.5 Å². The van der Waals surface area contributed by atoms with Crippen LogP contribution in [0.1, 0.15) is 30.3 Å². The summed E-state index contributed by atoms with van der Waals surface area (Å²) in [5.41, 5.74) is 0.808. The van der Waals surface area contributed by atoms with Gasteiger partial charge in [0.15, 0.2) is 5.16 Å². The van der Waals surface area contributed by atoms with Crippen molar-refractivity contribution in [2.45, 2.75) is 35.4 Å². The molecule has 2 aromatic heterocycles. The van der Waals surface area contributed by atoms with E-state index in [4.69, 9.17) is 4.42 Å². The van der Waals surface area contributed by atoms with Gasteiger partial charge in [-0.05, 0) is 49.4 Å². The summed E-state index contributed by atoms with van der Waals surface area (Å²) < 4.78 is 7.55. The van der Waals surface area contributed by atoms with Gasteiger partial charge in [0.2, 0.25) is 5.91 Å². The van der Waals surface area contributed by atoms with Gasteiger partial charge in [0.25, 0.3) is 0 Å². The number of furan rings is 1. The van der Waals surface area contributed by atoms with Crippen molar-refractivity contribution in [3.63, 3.8) is 0 Å². The Morgan fingerprint density at radius 2 is 2.19 bits per heavy atom. The number of aromatic nitrogens is 3. The Kier molecular flexibility index (Phi) is 5.54. The molecule has 1 aromatic carbocycles. The largest absolute Gasteiger partial charge is 0.467 e. The molecule has 1 aliphatic rings. The molecule has 0 saturated heterocycles. The minimum atomic E-state index is -0.0567. The second-order valence-electron chi connectivity index (χ2n) is 6.35. The maximum absolute atomic E-state index is 12.4. The smallest absolute Gasteiger partial charge is 0.234 e. The fourth-order valence-corrected chi connectivity index (χ4v) is 3.99. The van der Waals surface area contributed by atoms with Gasteiger partial charge in [0.05, 0.1) is 18.6 Å². The van der Waals surface area contributed by atoms with Crippen molar-refractivity contribution in [3.05, 3.63) is 54.2 Å². The van der Waals surface area contributed by atoms with Crippen LogP contribution in [0.2, 0.25) is 0 Å². The van der Waals surface area contributed by atoms with Crippen molar-refractivity contribution >= 4 is 35.1 Å². The van der Waals surface area contributed by atoms with Gasteiger partial charge in [-0.2, -0.15) is 0 Å². The molecule has 1 N–H and O–H groups in total. The number of carbonyl (C=O) groups is 1. The lowest BCUT2D eigenvalue weighted by Gasteiger charge is -2.09. The van der Waals surface area contributed by atoms with Crippen LogP contribution in [0.5, 0.6) is 0 Å². The van der Waals surface area contributed by atoms with E-state index in [0.29, 0.717) is 12.5 Å². The maximum atomic E-state index is 12.4. The molecule has 1 fully saturated rings. The van der Waals surface area contributed by atoms with Gasteiger partial charge in [-0.1, -0.05) is 17.8 Å². The molecule has 0 unspecified atom stereocenters. The van der Waals surface area contributed by atoms with Crippen LogP contribution in [-0.2, 0) is 11.3 Å². The average molecular weight is 401 g/mol. The molecule has 0 atom stereocenters.